The van der Waals surface area contributed by atoms with E-state index in [-0.39, 0.29) is 4.84 Å². The third kappa shape index (κ3) is 1.16. The van der Waals surface area contributed by atoms with Crippen molar-refractivity contribution in [2.75, 3.05) is 0 Å². The molecule has 0 aromatic rings. The molecular weight excluding hydrogens is 167 g/mol. The van der Waals surface area contributed by atoms with Gasteiger partial charge >= 0.3 is 0 Å². The lowest BCUT2D eigenvalue weighted by Crippen LogP contribution is -2.16. The molecule has 2 aliphatic carbocycles. The van der Waals surface area contributed by atoms with Crippen LogP contribution in [-0.2, 0) is 0 Å². The second-order valence-corrected chi connectivity index (χ2v) is 4.75. The highest BCUT2D eigenvalue weighted by molar-refractivity contribution is 6.44. The van der Waals surface area contributed by atoms with Gasteiger partial charge in [-0.3, -0.25) is 0 Å². The van der Waals surface area contributed by atoms with Crippen molar-refractivity contribution in [3.05, 3.63) is 0 Å². The Labute approximate surface area is 71.9 Å². The van der Waals surface area contributed by atoms with Crippen LogP contribution in [0.5, 0.6) is 0 Å². The van der Waals surface area contributed by atoms with Gasteiger partial charge in [-0.2, -0.15) is 0 Å². The van der Waals surface area contributed by atoms with Gasteiger partial charge in [-0.25, -0.2) is 0 Å². The number of rotatable bonds is 1. The van der Waals surface area contributed by atoms with Crippen LogP contribution < -0.4 is 0 Å². The van der Waals surface area contributed by atoms with Crippen molar-refractivity contribution < 1.29 is 0 Å². The highest BCUT2D eigenvalue weighted by Crippen LogP contribution is 2.54. The van der Waals surface area contributed by atoms with E-state index in [1.807, 2.05) is 0 Å². The summed E-state index contributed by atoms with van der Waals surface area (Å²) in [5.74, 6) is 2.52. The predicted molar refractivity (Wildman–Crippen MR) is 44.4 cm³/mol. The summed E-state index contributed by atoms with van der Waals surface area (Å²) in [5.41, 5.74) is 0. The van der Waals surface area contributed by atoms with E-state index < -0.39 is 0 Å². The van der Waals surface area contributed by atoms with Gasteiger partial charge < -0.3 is 0 Å². The molecule has 3 atom stereocenters. The zero-order valence-corrected chi connectivity index (χ0v) is 7.41. The molecule has 2 fully saturated rings. The van der Waals surface area contributed by atoms with Crippen LogP contribution in [0.15, 0.2) is 0 Å². The first kappa shape index (κ1) is 7.24. The summed E-state index contributed by atoms with van der Waals surface area (Å²) >= 11 is 11.7. The Morgan fingerprint density at radius 1 is 1.20 bits per heavy atom. The number of halogens is 2. The maximum absolute atomic E-state index is 5.84. The molecule has 0 spiro atoms. The van der Waals surface area contributed by atoms with Crippen molar-refractivity contribution in [3.8, 4) is 0 Å². The van der Waals surface area contributed by atoms with Crippen LogP contribution in [0.25, 0.3) is 0 Å². The fraction of sp³-hybridized carbons (Fsp3) is 1.00. The SMILES string of the molecule is ClC(Cl)[C@@H]1CCC[C@@H]2C[C@@H]21. The average Bonchev–Trinajstić information content (AvgIpc) is 2.63. The summed E-state index contributed by atoms with van der Waals surface area (Å²) in [6.07, 6.45) is 5.45. The standard InChI is InChI=1S/C8H12Cl2/c9-8(10)6-3-1-2-5-4-7(5)6/h5-8H,1-4H2/t5-,6-,7+/m1/s1. The fourth-order valence-electron chi connectivity index (χ4n) is 2.27. The zero-order chi connectivity index (χ0) is 7.14. The number of hydrogen-bond donors (Lipinski definition) is 0. The van der Waals surface area contributed by atoms with E-state index in [0.717, 1.165) is 11.8 Å². The predicted octanol–water partition coefficient (Wildman–Crippen LogP) is 3.23. The lowest BCUT2D eigenvalue weighted by molar-refractivity contribution is 0.353. The maximum Gasteiger partial charge on any atom is 0.110 e. The molecule has 58 valence electrons. The molecule has 0 saturated heterocycles. The van der Waals surface area contributed by atoms with Crippen LogP contribution in [0, 0.1) is 17.8 Å². The average molecular weight is 179 g/mol. The second-order valence-electron chi connectivity index (χ2n) is 3.59. The second kappa shape index (κ2) is 2.57. The van der Waals surface area contributed by atoms with E-state index in [4.69, 9.17) is 23.2 Å². The summed E-state index contributed by atoms with van der Waals surface area (Å²) in [5, 5.41) is 0. The van der Waals surface area contributed by atoms with E-state index >= 15 is 0 Å². The van der Waals surface area contributed by atoms with Crippen LogP contribution in [0.3, 0.4) is 0 Å². The van der Waals surface area contributed by atoms with E-state index in [9.17, 15) is 0 Å². The van der Waals surface area contributed by atoms with Gasteiger partial charge in [0.25, 0.3) is 0 Å². The minimum atomic E-state index is -0.102. The lowest BCUT2D eigenvalue weighted by Gasteiger charge is -2.21. The number of fused-ring (bicyclic) bond motifs is 1. The molecule has 0 unspecified atom stereocenters. The molecule has 2 heteroatoms. The summed E-state index contributed by atoms with van der Waals surface area (Å²) < 4.78 is 0. The van der Waals surface area contributed by atoms with Gasteiger partial charge in [0.2, 0.25) is 0 Å². The fourth-order valence-corrected chi connectivity index (χ4v) is 2.90. The zero-order valence-electron chi connectivity index (χ0n) is 5.89. The van der Waals surface area contributed by atoms with E-state index in [1.54, 1.807) is 0 Å². The van der Waals surface area contributed by atoms with Gasteiger partial charge in [-0.15, -0.1) is 23.2 Å². The molecule has 0 aromatic carbocycles. The van der Waals surface area contributed by atoms with Crippen molar-refractivity contribution in [1.29, 1.82) is 0 Å². The third-order valence-electron chi connectivity index (χ3n) is 2.96. The van der Waals surface area contributed by atoms with Crippen LogP contribution in [0.1, 0.15) is 25.7 Å². The molecule has 0 radical (unpaired) electrons. The normalized spacial score (nSPS) is 45.3. The van der Waals surface area contributed by atoms with Gasteiger partial charge in [0, 0.05) is 0 Å². The third-order valence-corrected chi connectivity index (χ3v) is 3.61. The summed E-state index contributed by atoms with van der Waals surface area (Å²) in [6.45, 7) is 0. The highest BCUT2D eigenvalue weighted by Gasteiger charge is 2.46. The topological polar surface area (TPSA) is 0 Å². The number of hydrogen-bond acceptors (Lipinski definition) is 0. The van der Waals surface area contributed by atoms with Crippen molar-refractivity contribution in [2.24, 2.45) is 17.8 Å². The largest absolute Gasteiger partial charge is 0.110 e. The van der Waals surface area contributed by atoms with Crippen LogP contribution in [0.4, 0.5) is 0 Å². The van der Waals surface area contributed by atoms with Crippen LogP contribution in [-0.4, -0.2) is 4.84 Å². The minimum absolute atomic E-state index is 0.102. The molecule has 0 amide bonds. The monoisotopic (exact) mass is 178 g/mol. The Bertz CT molecular complexity index is 133. The molecule has 0 heterocycles. The lowest BCUT2D eigenvalue weighted by atomic mass is 9.90. The molecule has 10 heavy (non-hydrogen) atoms. The van der Waals surface area contributed by atoms with Gasteiger partial charge in [0.05, 0.1) is 0 Å². The molecule has 2 rings (SSSR count). The van der Waals surface area contributed by atoms with Gasteiger partial charge in [0.1, 0.15) is 4.84 Å². The van der Waals surface area contributed by atoms with Crippen LogP contribution in [0.2, 0.25) is 0 Å². The molecule has 0 aromatic heterocycles. The van der Waals surface area contributed by atoms with E-state index in [2.05, 4.69) is 0 Å². The maximum atomic E-state index is 5.84. The molecule has 2 saturated carbocycles. The van der Waals surface area contributed by atoms with Crippen molar-refractivity contribution in [3.63, 3.8) is 0 Å². The van der Waals surface area contributed by atoms with Gasteiger partial charge in [0.15, 0.2) is 0 Å². The Morgan fingerprint density at radius 3 is 2.60 bits per heavy atom. The summed E-state index contributed by atoms with van der Waals surface area (Å²) in [4.78, 5) is -0.102. The molecule has 0 N–H and O–H groups in total. The smallest absolute Gasteiger partial charge is 0.105 e. The highest BCUT2D eigenvalue weighted by atomic mass is 35.5. The van der Waals surface area contributed by atoms with Crippen molar-refractivity contribution in [1.82, 2.24) is 0 Å². The molecule has 0 nitrogen and oxygen atoms in total. The Balaban J connectivity index is 1.96. The Hall–Kier alpha value is 0.580. The molecule has 0 bridgehead atoms. The van der Waals surface area contributed by atoms with Gasteiger partial charge in [-0.1, -0.05) is 12.8 Å². The molecule has 0 aliphatic heterocycles. The quantitative estimate of drug-likeness (QED) is 0.542. The first-order valence-corrected chi connectivity index (χ1v) is 4.94. The summed E-state index contributed by atoms with van der Waals surface area (Å²) in [7, 11) is 0. The molecular formula is C8H12Cl2. The first-order chi connectivity index (χ1) is 4.79. The van der Waals surface area contributed by atoms with E-state index in [1.165, 1.54) is 25.7 Å². The van der Waals surface area contributed by atoms with Gasteiger partial charge in [-0.05, 0) is 30.6 Å². The minimum Gasteiger partial charge on any atom is -0.105 e. The first-order valence-electron chi connectivity index (χ1n) is 4.07. The van der Waals surface area contributed by atoms with Crippen molar-refractivity contribution in [2.45, 2.75) is 30.5 Å². The van der Waals surface area contributed by atoms with E-state index in [0.29, 0.717) is 5.92 Å². The Morgan fingerprint density at radius 2 is 2.00 bits per heavy atom. The van der Waals surface area contributed by atoms with Crippen molar-refractivity contribution >= 4 is 23.2 Å². The van der Waals surface area contributed by atoms with Crippen LogP contribution >= 0.6 is 23.2 Å². The summed E-state index contributed by atoms with van der Waals surface area (Å²) in [6, 6.07) is 0. The molecule has 2 aliphatic rings. The Kier molecular flexibility index (Phi) is 1.86. The number of alkyl halides is 2.